The number of halogens is 3. The smallest absolute Gasteiger partial charge is 0.475 e. The number of carbonyl (C=O) groups excluding carboxylic acids is 1. The van der Waals surface area contributed by atoms with Crippen LogP contribution < -0.4 is 5.90 Å². The molecule has 0 saturated carbocycles. The standard InChI is InChI=1S/C25H26N6O2.C2HF3O2/c26-33-25(32)23-6-3-4-20-17-31(28-24(20)23)22-9-7-19(8-10-22)16-29-12-14-30(15-13-29)18-21-5-1-2-11-27-21;3-2(4,5)1(6)7/h1-11,17H,12-16,18,26H2;(H,6,7). The minimum atomic E-state index is -5.08. The number of hydrogen-bond donors (Lipinski definition) is 2. The Morgan fingerprint density at radius 1 is 0.925 bits per heavy atom. The summed E-state index contributed by atoms with van der Waals surface area (Å²) >= 11 is 0. The third-order valence-electron chi connectivity index (χ3n) is 6.29. The van der Waals surface area contributed by atoms with Gasteiger partial charge < -0.3 is 9.94 Å². The van der Waals surface area contributed by atoms with E-state index in [1.807, 2.05) is 30.6 Å². The Bertz CT molecular complexity index is 1440. The van der Waals surface area contributed by atoms with Crippen LogP contribution in [0.5, 0.6) is 0 Å². The van der Waals surface area contributed by atoms with Gasteiger partial charge in [-0.2, -0.15) is 24.2 Å². The Balaban J connectivity index is 0.000000470. The van der Waals surface area contributed by atoms with E-state index in [1.165, 1.54) is 5.56 Å². The summed E-state index contributed by atoms with van der Waals surface area (Å²) in [5.74, 6) is 1.70. The molecule has 0 bridgehead atoms. The maximum absolute atomic E-state index is 11.9. The zero-order valence-electron chi connectivity index (χ0n) is 21.3. The Kier molecular flexibility index (Phi) is 9.09. The third kappa shape index (κ3) is 7.40. The molecule has 0 unspecified atom stereocenters. The molecule has 1 aliphatic rings. The van der Waals surface area contributed by atoms with Crippen molar-refractivity contribution in [3.8, 4) is 5.69 Å². The van der Waals surface area contributed by atoms with E-state index in [4.69, 9.17) is 15.8 Å². The first-order valence-electron chi connectivity index (χ1n) is 12.3. The number of nitrogens with two attached hydrogens (primary N) is 1. The lowest BCUT2D eigenvalue weighted by atomic mass is 10.1. The van der Waals surface area contributed by atoms with E-state index in [9.17, 15) is 18.0 Å². The molecule has 3 heterocycles. The summed E-state index contributed by atoms with van der Waals surface area (Å²) < 4.78 is 33.5. The topological polar surface area (TPSA) is 127 Å². The number of alkyl halides is 3. The zero-order chi connectivity index (χ0) is 28.7. The lowest BCUT2D eigenvalue weighted by Gasteiger charge is -2.34. The van der Waals surface area contributed by atoms with E-state index in [0.29, 0.717) is 11.1 Å². The first kappa shape index (κ1) is 28.7. The van der Waals surface area contributed by atoms with E-state index in [1.54, 1.807) is 16.8 Å². The van der Waals surface area contributed by atoms with Crippen LogP contribution in [0.4, 0.5) is 13.2 Å². The van der Waals surface area contributed by atoms with Gasteiger partial charge in [0.25, 0.3) is 0 Å². The molecule has 0 amide bonds. The highest BCUT2D eigenvalue weighted by molar-refractivity contribution is 6.02. The Morgan fingerprint density at radius 2 is 1.57 bits per heavy atom. The number of carboxylic acids is 1. The molecule has 0 atom stereocenters. The van der Waals surface area contributed by atoms with Gasteiger partial charge in [0.05, 0.1) is 16.9 Å². The van der Waals surface area contributed by atoms with Gasteiger partial charge in [-0.1, -0.05) is 30.3 Å². The van der Waals surface area contributed by atoms with Crippen molar-refractivity contribution in [1.29, 1.82) is 0 Å². The molecule has 40 heavy (non-hydrogen) atoms. The molecule has 4 aromatic rings. The summed E-state index contributed by atoms with van der Waals surface area (Å²) in [5.41, 5.74) is 4.25. The van der Waals surface area contributed by atoms with E-state index in [2.05, 4.69) is 55.1 Å². The fourth-order valence-corrected chi connectivity index (χ4v) is 4.24. The molecule has 1 aliphatic heterocycles. The van der Waals surface area contributed by atoms with Gasteiger partial charge in [-0.05, 0) is 35.9 Å². The van der Waals surface area contributed by atoms with Crippen molar-refractivity contribution in [2.45, 2.75) is 19.3 Å². The third-order valence-corrected chi connectivity index (χ3v) is 6.29. The average molecular weight is 557 g/mol. The maximum Gasteiger partial charge on any atom is 0.490 e. The summed E-state index contributed by atoms with van der Waals surface area (Å²) in [7, 11) is 0. The predicted octanol–water partition coefficient (Wildman–Crippen LogP) is 3.40. The molecule has 0 radical (unpaired) electrons. The van der Waals surface area contributed by atoms with Gasteiger partial charge in [-0.25, -0.2) is 14.3 Å². The van der Waals surface area contributed by atoms with Crippen molar-refractivity contribution in [2.24, 2.45) is 5.90 Å². The van der Waals surface area contributed by atoms with E-state index < -0.39 is 18.1 Å². The number of carboxylic acid groups (broad SMARTS) is 1. The highest BCUT2D eigenvalue weighted by atomic mass is 19.4. The Hall–Kier alpha value is -4.33. The second-order valence-electron chi connectivity index (χ2n) is 9.07. The monoisotopic (exact) mass is 556 g/mol. The quantitative estimate of drug-likeness (QED) is 0.344. The molecule has 13 heteroatoms. The average Bonchev–Trinajstić information content (AvgIpc) is 3.39. The van der Waals surface area contributed by atoms with Gasteiger partial charge in [-0.3, -0.25) is 14.8 Å². The van der Waals surface area contributed by atoms with Crippen LogP contribution in [0.3, 0.4) is 0 Å². The number of benzene rings is 2. The van der Waals surface area contributed by atoms with Crippen molar-refractivity contribution < 1.29 is 32.7 Å². The second-order valence-corrected chi connectivity index (χ2v) is 9.07. The number of nitrogens with zero attached hydrogens (tertiary/aromatic N) is 5. The van der Waals surface area contributed by atoms with E-state index in [0.717, 1.165) is 56.0 Å². The first-order valence-corrected chi connectivity index (χ1v) is 12.3. The Labute approximate surface area is 227 Å². The van der Waals surface area contributed by atoms with Gasteiger partial charge in [0.1, 0.15) is 5.52 Å². The van der Waals surface area contributed by atoms with Crippen molar-refractivity contribution in [3.63, 3.8) is 0 Å². The minimum absolute atomic E-state index is 0.354. The van der Waals surface area contributed by atoms with Gasteiger partial charge >= 0.3 is 18.1 Å². The number of fused-ring (bicyclic) bond motifs is 1. The molecular formula is C27H27F3N6O4. The van der Waals surface area contributed by atoms with Gasteiger partial charge in [0.2, 0.25) is 0 Å². The van der Waals surface area contributed by atoms with Crippen LogP contribution in [0.15, 0.2) is 73.1 Å². The largest absolute Gasteiger partial charge is 0.490 e. The van der Waals surface area contributed by atoms with Crippen molar-refractivity contribution in [1.82, 2.24) is 24.6 Å². The van der Waals surface area contributed by atoms with E-state index in [-0.39, 0.29) is 0 Å². The van der Waals surface area contributed by atoms with Crippen LogP contribution in [-0.4, -0.2) is 74.0 Å². The van der Waals surface area contributed by atoms with Crippen molar-refractivity contribution >= 4 is 22.8 Å². The molecular weight excluding hydrogens is 529 g/mol. The highest BCUT2D eigenvalue weighted by Crippen LogP contribution is 2.21. The van der Waals surface area contributed by atoms with Crippen LogP contribution in [0.1, 0.15) is 21.6 Å². The zero-order valence-corrected chi connectivity index (χ0v) is 21.3. The van der Waals surface area contributed by atoms with Crippen molar-refractivity contribution in [2.75, 3.05) is 26.2 Å². The van der Waals surface area contributed by atoms with Gasteiger partial charge in [0, 0.05) is 57.0 Å². The van der Waals surface area contributed by atoms with Crippen LogP contribution in [-0.2, 0) is 22.7 Å². The second kappa shape index (κ2) is 12.7. The number of carbonyl (C=O) groups is 2. The number of rotatable bonds is 6. The summed E-state index contributed by atoms with van der Waals surface area (Å²) in [6.45, 7) is 6.00. The maximum atomic E-state index is 11.9. The number of aromatic nitrogens is 3. The lowest BCUT2D eigenvalue weighted by Crippen LogP contribution is -2.45. The van der Waals surface area contributed by atoms with Crippen LogP contribution in [0.25, 0.3) is 16.6 Å². The van der Waals surface area contributed by atoms with E-state index >= 15 is 0 Å². The number of pyridine rings is 1. The number of aliphatic carboxylic acids is 1. The lowest BCUT2D eigenvalue weighted by molar-refractivity contribution is -0.192. The van der Waals surface area contributed by atoms with Crippen LogP contribution in [0.2, 0.25) is 0 Å². The first-order chi connectivity index (χ1) is 19.1. The van der Waals surface area contributed by atoms with Crippen LogP contribution >= 0.6 is 0 Å². The highest BCUT2D eigenvalue weighted by Gasteiger charge is 2.38. The van der Waals surface area contributed by atoms with Crippen LogP contribution in [0, 0.1) is 0 Å². The molecule has 0 spiro atoms. The van der Waals surface area contributed by atoms with Gasteiger partial charge in [0.15, 0.2) is 0 Å². The summed E-state index contributed by atoms with van der Waals surface area (Å²) in [6.07, 6.45) is -1.33. The molecule has 1 fully saturated rings. The SMILES string of the molecule is NOC(=O)c1cccc2cn(-c3ccc(CN4CCN(Cc5ccccn5)CC4)cc3)nc12.O=C(O)C(F)(F)F. The molecule has 210 valence electrons. The van der Waals surface area contributed by atoms with Crippen molar-refractivity contribution in [3.05, 3.63) is 89.9 Å². The summed E-state index contributed by atoms with van der Waals surface area (Å²) in [6, 6.07) is 19.8. The van der Waals surface area contributed by atoms with Gasteiger partial charge in [-0.15, -0.1) is 0 Å². The minimum Gasteiger partial charge on any atom is -0.475 e. The predicted molar refractivity (Wildman–Crippen MR) is 139 cm³/mol. The normalized spacial score (nSPS) is 14.4. The molecule has 1 saturated heterocycles. The molecule has 3 N–H and O–H groups in total. The number of piperazine rings is 1. The molecule has 0 aliphatic carbocycles. The summed E-state index contributed by atoms with van der Waals surface area (Å²) in [5, 5.41) is 12.6. The summed E-state index contributed by atoms with van der Waals surface area (Å²) in [4.78, 5) is 34.6. The molecule has 10 nitrogen and oxygen atoms in total. The molecule has 2 aromatic heterocycles. The number of hydrogen-bond acceptors (Lipinski definition) is 8. The fourth-order valence-electron chi connectivity index (χ4n) is 4.24. The Morgan fingerprint density at radius 3 is 2.15 bits per heavy atom. The molecule has 2 aromatic carbocycles. The molecule has 5 rings (SSSR count). The fraction of sp³-hybridized carbons (Fsp3) is 0.259.